The van der Waals surface area contributed by atoms with Crippen molar-refractivity contribution in [2.75, 3.05) is 5.32 Å². The van der Waals surface area contributed by atoms with E-state index in [-0.39, 0.29) is 5.91 Å². The molecule has 4 heteroatoms. The van der Waals surface area contributed by atoms with E-state index in [0.717, 1.165) is 28.3 Å². The lowest BCUT2D eigenvalue weighted by Crippen LogP contribution is -2.14. The largest absolute Gasteiger partial charge is 0.362 e. The topological polar surface area (TPSA) is 57.8 Å². The van der Waals surface area contributed by atoms with E-state index in [4.69, 9.17) is 0 Å². The Morgan fingerprint density at radius 3 is 2.72 bits per heavy atom. The number of nitrogens with one attached hydrogen (secondary N) is 2. The third-order valence-corrected chi connectivity index (χ3v) is 2.79. The van der Waals surface area contributed by atoms with Gasteiger partial charge in [-0.15, -0.1) is 0 Å². The van der Waals surface area contributed by atoms with Gasteiger partial charge in [0.25, 0.3) is 0 Å². The van der Waals surface area contributed by atoms with E-state index in [9.17, 15) is 4.79 Å². The van der Waals surface area contributed by atoms with Crippen LogP contribution in [0.3, 0.4) is 0 Å². The van der Waals surface area contributed by atoms with Crippen molar-refractivity contribution < 1.29 is 4.79 Å². The third-order valence-electron chi connectivity index (χ3n) is 2.79. The molecule has 0 spiro atoms. The fraction of sp³-hybridized carbons (Fsp3) is 0.286. The first-order valence-corrected chi connectivity index (χ1v) is 5.92. The minimum absolute atomic E-state index is 0.0114. The number of amides is 1. The Morgan fingerprint density at radius 1 is 1.33 bits per heavy atom. The van der Waals surface area contributed by atoms with E-state index in [1.807, 2.05) is 32.9 Å². The van der Waals surface area contributed by atoms with Gasteiger partial charge in [0.2, 0.25) is 5.91 Å². The lowest BCUT2D eigenvalue weighted by Gasteiger charge is -2.05. The van der Waals surface area contributed by atoms with Crippen LogP contribution in [0.15, 0.2) is 24.4 Å². The number of aryl methyl sites for hydroxylation is 3. The number of anilines is 1. The third kappa shape index (κ3) is 2.97. The molecule has 2 N–H and O–H groups in total. The summed E-state index contributed by atoms with van der Waals surface area (Å²) < 4.78 is 0. The number of hydrogen-bond donors (Lipinski definition) is 2. The van der Waals surface area contributed by atoms with E-state index in [0.29, 0.717) is 6.42 Å². The average Bonchev–Trinajstić information content (AvgIpc) is 2.57. The van der Waals surface area contributed by atoms with Crippen molar-refractivity contribution >= 4 is 11.6 Å². The van der Waals surface area contributed by atoms with Crippen molar-refractivity contribution in [3.8, 4) is 0 Å². The van der Waals surface area contributed by atoms with Gasteiger partial charge in [0.1, 0.15) is 0 Å². The summed E-state index contributed by atoms with van der Waals surface area (Å²) in [6.45, 7) is 5.86. The van der Waals surface area contributed by atoms with Gasteiger partial charge in [0.15, 0.2) is 0 Å². The summed E-state index contributed by atoms with van der Waals surface area (Å²) in [5.41, 5.74) is 4.85. The van der Waals surface area contributed by atoms with Gasteiger partial charge in [0, 0.05) is 29.0 Å². The molecule has 18 heavy (non-hydrogen) atoms. The number of pyridine rings is 1. The summed E-state index contributed by atoms with van der Waals surface area (Å²) in [6.07, 6.45) is 2.08. The molecule has 0 saturated heterocycles. The second-order valence-corrected chi connectivity index (χ2v) is 4.51. The Kier molecular flexibility index (Phi) is 3.46. The zero-order valence-corrected chi connectivity index (χ0v) is 10.9. The molecule has 2 aromatic heterocycles. The molecule has 0 fully saturated rings. The summed E-state index contributed by atoms with van der Waals surface area (Å²) in [6, 6.07) is 5.65. The number of aromatic nitrogens is 2. The first kappa shape index (κ1) is 12.4. The van der Waals surface area contributed by atoms with Crippen LogP contribution in [0, 0.1) is 20.8 Å². The SMILES string of the molecule is Cc1cc(NC(=O)Cc2cc(C)[nH]c2C)ccn1. The van der Waals surface area contributed by atoms with E-state index < -0.39 is 0 Å². The Balaban J connectivity index is 2.03. The molecule has 1 amide bonds. The molecule has 0 bridgehead atoms. The number of rotatable bonds is 3. The summed E-state index contributed by atoms with van der Waals surface area (Å²) in [5.74, 6) is -0.0114. The molecule has 94 valence electrons. The minimum Gasteiger partial charge on any atom is -0.362 e. The average molecular weight is 243 g/mol. The van der Waals surface area contributed by atoms with E-state index in [1.165, 1.54) is 0 Å². The molecule has 0 unspecified atom stereocenters. The van der Waals surface area contributed by atoms with Crippen LogP contribution < -0.4 is 5.32 Å². The molecule has 0 aromatic carbocycles. The molecule has 0 aliphatic heterocycles. The van der Waals surface area contributed by atoms with Crippen molar-refractivity contribution in [2.45, 2.75) is 27.2 Å². The van der Waals surface area contributed by atoms with Crippen molar-refractivity contribution in [2.24, 2.45) is 0 Å². The second-order valence-electron chi connectivity index (χ2n) is 4.51. The summed E-state index contributed by atoms with van der Waals surface area (Å²) in [7, 11) is 0. The highest BCUT2D eigenvalue weighted by Crippen LogP contribution is 2.12. The quantitative estimate of drug-likeness (QED) is 0.870. The van der Waals surface area contributed by atoms with Crippen molar-refractivity contribution in [1.82, 2.24) is 9.97 Å². The standard InChI is InChI=1S/C14H17N3O/c1-9-7-13(4-5-15-9)17-14(18)8-12-6-10(2)16-11(12)3/h4-7,16H,8H2,1-3H3,(H,15,17,18). The summed E-state index contributed by atoms with van der Waals surface area (Å²) in [4.78, 5) is 19.2. The number of carbonyl (C=O) groups excluding carboxylic acids is 1. The number of aromatic amines is 1. The van der Waals surface area contributed by atoms with Crippen molar-refractivity contribution in [3.05, 3.63) is 47.0 Å². The maximum absolute atomic E-state index is 11.9. The van der Waals surface area contributed by atoms with Crippen LogP contribution in [0.1, 0.15) is 22.6 Å². The molecule has 4 nitrogen and oxygen atoms in total. The van der Waals surface area contributed by atoms with Gasteiger partial charge < -0.3 is 10.3 Å². The maximum Gasteiger partial charge on any atom is 0.228 e. The molecule has 0 saturated carbocycles. The molecule has 0 aliphatic carbocycles. The van der Waals surface area contributed by atoms with Crippen molar-refractivity contribution in [1.29, 1.82) is 0 Å². The molecule has 2 heterocycles. The summed E-state index contributed by atoms with van der Waals surface area (Å²) >= 11 is 0. The summed E-state index contributed by atoms with van der Waals surface area (Å²) in [5, 5.41) is 2.87. The van der Waals surface area contributed by atoms with Crippen LogP contribution in [-0.2, 0) is 11.2 Å². The predicted molar refractivity (Wildman–Crippen MR) is 71.6 cm³/mol. The second kappa shape index (κ2) is 5.04. The maximum atomic E-state index is 11.9. The number of hydrogen-bond acceptors (Lipinski definition) is 2. The molecule has 0 radical (unpaired) electrons. The van der Waals surface area contributed by atoms with Crippen molar-refractivity contribution in [3.63, 3.8) is 0 Å². The van der Waals surface area contributed by atoms with Gasteiger partial charge in [0.05, 0.1) is 6.42 Å². The van der Waals surface area contributed by atoms with Crippen LogP contribution in [0.5, 0.6) is 0 Å². The molecular formula is C14H17N3O. The molecule has 0 aliphatic rings. The highest BCUT2D eigenvalue weighted by atomic mass is 16.1. The zero-order valence-electron chi connectivity index (χ0n) is 10.9. The number of carbonyl (C=O) groups is 1. The predicted octanol–water partition coefficient (Wildman–Crippen LogP) is 2.52. The Hall–Kier alpha value is -2.10. The van der Waals surface area contributed by atoms with E-state index in [2.05, 4.69) is 15.3 Å². The first-order chi connectivity index (χ1) is 8.54. The Bertz CT molecular complexity index is 572. The van der Waals surface area contributed by atoms with E-state index in [1.54, 1.807) is 12.3 Å². The van der Waals surface area contributed by atoms with Crippen LogP contribution >= 0.6 is 0 Å². The van der Waals surface area contributed by atoms with Crippen LogP contribution in [0.25, 0.3) is 0 Å². The zero-order chi connectivity index (χ0) is 13.1. The Labute approximate surface area is 106 Å². The van der Waals surface area contributed by atoms with Crippen LogP contribution in [0.2, 0.25) is 0 Å². The van der Waals surface area contributed by atoms with Gasteiger partial charge in [-0.3, -0.25) is 9.78 Å². The molecule has 2 aromatic rings. The number of H-pyrrole nitrogens is 1. The monoisotopic (exact) mass is 243 g/mol. The lowest BCUT2D eigenvalue weighted by atomic mass is 10.1. The molecular weight excluding hydrogens is 226 g/mol. The molecule has 0 atom stereocenters. The van der Waals surface area contributed by atoms with E-state index >= 15 is 0 Å². The van der Waals surface area contributed by atoms with Gasteiger partial charge in [-0.2, -0.15) is 0 Å². The fourth-order valence-electron chi connectivity index (χ4n) is 1.97. The minimum atomic E-state index is -0.0114. The highest BCUT2D eigenvalue weighted by molar-refractivity contribution is 5.92. The number of nitrogens with zero attached hydrogens (tertiary/aromatic N) is 1. The lowest BCUT2D eigenvalue weighted by molar-refractivity contribution is -0.115. The van der Waals surface area contributed by atoms with Gasteiger partial charge in [-0.05, 0) is 44.5 Å². The molecule has 2 rings (SSSR count). The highest BCUT2D eigenvalue weighted by Gasteiger charge is 2.08. The Morgan fingerprint density at radius 2 is 2.11 bits per heavy atom. The van der Waals surface area contributed by atoms with Gasteiger partial charge in [-0.1, -0.05) is 0 Å². The van der Waals surface area contributed by atoms with Crippen LogP contribution in [0.4, 0.5) is 5.69 Å². The van der Waals surface area contributed by atoms with Gasteiger partial charge in [-0.25, -0.2) is 0 Å². The van der Waals surface area contributed by atoms with Crippen LogP contribution in [-0.4, -0.2) is 15.9 Å². The van der Waals surface area contributed by atoms with Gasteiger partial charge >= 0.3 is 0 Å². The normalized spacial score (nSPS) is 10.4. The first-order valence-electron chi connectivity index (χ1n) is 5.92. The smallest absolute Gasteiger partial charge is 0.228 e. The fourth-order valence-corrected chi connectivity index (χ4v) is 1.97.